The van der Waals surface area contributed by atoms with Crippen molar-refractivity contribution in [2.45, 2.75) is 45.8 Å². The molecule has 0 spiro atoms. The summed E-state index contributed by atoms with van der Waals surface area (Å²) in [6.45, 7) is 4.81. The highest BCUT2D eigenvalue weighted by atomic mass is 32.2. The van der Waals surface area contributed by atoms with E-state index in [1.54, 1.807) is 51.1 Å². The zero-order valence-electron chi connectivity index (χ0n) is 23.2. The molecule has 0 aliphatic heterocycles. The standard InChI is InChI=1S/C30H36FN3O5S/c1-5-39-28-18-12-11-17-26(28)34(40(4,37)38)21-29(35)33(20-24-15-9-10-16-25(24)31)27(30(36)32-22(2)3)19-23-13-7-6-8-14-23/h6-18,22,27H,5,19-21H2,1-4H3,(H,32,36)/t27-/m1/s1. The minimum atomic E-state index is -3.96. The molecule has 3 aromatic rings. The van der Waals surface area contributed by atoms with Crippen LogP contribution in [-0.4, -0.2) is 56.6 Å². The molecule has 0 aliphatic rings. The number of amides is 2. The monoisotopic (exact) mass is 569 g/mol. The van der Waals surface area contributed by atoms with Gasteiger partial charge in [-0.25, -0.2) is 12.8 Å². The van der Waals surface area contributed by atoms with E-state index >= 15 is 0 Å². The highest BCUT2D eigenvalue weighted by molar-refractivity contribution is 7.92. The number of carbonyl (C=O) groups excluding carboxylic acids is 2. The number of carbonyl (C=O) groups is 2. The normalized spacial score (nSPS) is 12.1. The van der Waals surface area contributed by atoms with Gasteiger partial charge in [0.2, 0.25) is 21.8 Å². The number of hydrogen-bond donors (Lipinski definition) is 1. The molecule has 0 fully saturated rings. The zero-order valence-corrected chi connectivity index (χ0v) is 24.0. The topological polar surface area (TPSA) is 96.0 Å². The van der Waals surface area contributed by atoms with Gasteiger partial charge in [-0.05, 0) is 44.5 Å². The first-order chi connectivity index (χ1) is 19.0. The Morgan fingerprint density at radius 3 is 2.20 bits per heavy atom. The van der Waals surface area contributed by atoms with E-state index in [1.165, 1.54) is 23.1 Å². The van der Waals surface area contributed by atoms with Crippen LogP contribution in [0.15, 0.2) is 78.9 Å². The molecule has 2 amide bonds. The Labute approximate surface area is 235 Å². The SMILES string of the molecule is CCOc1ccccc1N(CC(=O)N(Cc1ccccc1F)[C@H](Cc1ccccc1)C(=O)NC(C)C)S(C)(=O)=O. The van der Waals surface area contributed by atoms with Gasteiger partial charge < -0.3 is 15.0 Å². The fourth-order valence-corrected chi connectivity index (χ4v) is 5.13. The van der Waals surface area contributed by atoms with E-state index in [4.69, 9.17) is 4.74 Å². The molecule has 40 heavy (non-hydrogen) atoms. The van der Waals surface area contributed by atoms with Crippen LogP contribution in [0.25, 0.3) is 0 Å². The van der Waals surface area contributed by atoms with Crippen molar-refractivity contribution < 1.29 is 27.1 Å². The highest BCUT2D eigenvalue weighted by Crippen LogP contribution is 2.30. The lowest BCUT2D eigenvalue weighted by atomic mass is 10.0. The first-order valence-corrected chi connectivity index (χ1v) is 14.9. The number of para-hydroxylation sites is 2. The van der Waals surface area contributed by atoms with Crippen molar-refractivity contribution >= 4 is 27.5 Å². The van der Waals surface area contributed by atoms with Crippen LogP contribution in [-0.2, 0) is 32.6 Å². The fourth-order valence-electron chi connectivity index (χ4n) is 4.28. The van der Waals surface area contributed by atoms with Crippen LogP contribution in [0.2, 0.25) is 0 Å². The van der Waals surface area contributed by atoms with E-state index in [2.05, 4.69) is 5.32 Å². The Hall–Kier alpha value is -3.92. The first-order valence-electron chi connectivity index (χ1n) is 13.1. The molecule has 214 valence electrons. The Balaban J connectivity index is 2.09. The molecule has 0 unspecified atom stereocenters. The first kappa shape index (κ1) is 30.6. The summed E-state index contributed by atoms with van der Waals surface area (Å²) < 4.78 is 47.3. The van der Waals surface area contributed by atoms with E-state index < -0.39 is 40.2 Å². The van der Waals surface area contributed by atoms with Crippen LogP contribution in [0.5, 0.6) is 5.75 Å². The number of nitrogens with zero attached hydrogens (tertiary/aromatic N) is 2. The largest absolute Gasteiger partial charge is 0.492 e. The number of benzene rings is 3. The van der Waals surface area contributed by atoms with Crippen molar-refractivity contribution in [2.75, 3.05) is 23.7 Å². The lowest BCUT2D eigenvalue weighted by Crippen LogP contribution is -2.54. The van der Waals surface area contributed by atoms with E-state index in [0.717, 1.165) is 16.1 Å². The lowest BCUT2D eigenvalue weighted by molar-refractivity contribution is -0.140. The number of nitrogens with one attached hydrogen (secondary N) is 1. The molecule has 0 heterocycles. The van der Waals surface area contributed by atoms with Crippen LogP contribution < -0.4 is 14.4 Å². The zero-order chi connectivity index (χ0) is 29.3. The summed E-state index contributed by atoms with van der Waals surface area (Å²) in [7, 11) is -3.96. The number of anilines is 1. The molecular weight excluding hydrogens is 533 g/mol. The Morgan fingerprint density at radius 2 is 1.57 bits per heavy atom. The third-order valence-corrected chi connectivity index (χ3v) is 7.24. The summed E-state index contributed by atoms with van der Waals surface area (Å²) in [5, 5.41) is 2.86. The van der Waals surface area contributed by atoms with E-state index in [0.29, 0.717) is 5.75 Å². The van der Waals surface area contributed by atoms with Crippen molar-refractivity contribution in [1.82, 2.24) is 10.2 Å². The number of halogens is 1. The third-order valence-electron chi connectivity index (χ3n) is 6.11. The van der Waals surface area contributed by atoms with Crippen LogP contribution >= 0.6 is 0 Å². The summed E-state index contributed by atoms with van der Waals surface area (Å²) in [6.07, 6.45) is 1.14. The smallest absolute Gasteiger partial charge is 0.244 e. The number of sulfonamides is 1. The molecule has 3 rings (SSSR count). The molecular formula is C30H36FN3O5S. The summed E-state index contributed by atoms with van der Waals surface area (Å²) in [5.41, 5.74) is 1.18. The van der Waals surface area contributed by atoms with Gasteiger partial charge in [0.05, 0.1) is 18.6 Å². The van der Waals surface area contributed by atoms with Crippen LogP contribution in [0, 0.1) is 5.82 Å². The molecule has 0 radical (unpaired) electrons. The van der Waals surface area contributed by atoms with Crippen molar-refractivity contribution in [1.29, 1.82) is 0 Å². The maximum absolute atomic E-state index is 14.8. The molecule has 0 aromatic heterocycles. The molecule has 1 N–H and O–H groups in total. The van der Waals surface area contributed by atoms with Crippen molar-refractivity contribution in [3.05, 3.63) is 95.8 Å². The quantitative estimate of drug-likeness (QED) is 0.334. The third kappa shape index (κ3) is 8.29. The second-order valence-corrected chi connectivity index (χ2v) is 11.6. The van der Waals surface area contributed by atoms with Gasteiger partial charge >= 0.3 is 0 Å². The Morgan fingerprint density at radius 1 is 0.950 bits per heavy atom. The van der Waals surface area contributed by atoms with Gasteiger partial charge in [-0.1, -0.05) is 60.7 Å². The van der Waals surface area contributed by atoms with Gasteiger partial charge in [0, 0.05) is 24.6 Å². The summed E-state index contributed by atoms with van der Waals surface area (Å²) in [4.78, 5) is 28.8. The molecule has 3 aromatic carbocycles. The minimum Gasteiger partial charge on any atom is -0.492 e. The second kappa shape index (κ2) is 13.9. The maximum Gasteiger partial charge on any atom is 0.244 e. The van der Waals surface area contributed by atoms with E-state index in [9.17, 15) is 22.4 Å². The van der Waals surface area contributed by atoms with Crippen molar-refractivity contribution in [3.8, 4) is 5.75 Å². The molecule has 0 saturated carbocycles. The van der Waals surface area contributed by atoms with Crippen molar-refractivity contribution in [3.63, 3.8) is 0 Å². The molecule has 0 bridgehead atoms. The van der Waals surface area contributed by atoms with Crippen molar-refractivity contribution in [2.24, 2.45) is 0 Å². The molecule has 1 atom stereocenters. The van der Waals surface area contributed by atoms with E-state index in [-0.39, 0.29) is 36.9 Å². The molecule has 0 aliphatic carbocycles. The van der Waals surface area contributed by atoms with Gasteiger partial charge in [0.25, 0.3) is 0 Å². The molecule has 8 nitrogen and oxygen atoms in total. The molecule has 0 saturated heterocycles. The highest BCUT2D eigenvalue weighted by Gasteiger charge is 2.34. The van der Waals surface area contributed by atoms with Crippen LogP contribution in [0.4, 0.5) is 10.1 Å². The Bertz CT molecular complexity index is 1400. The summed E-state index contributed by atoms with van der Waals surface area (Å²) in [5.74, 6) is -1.34. The summed E-state index contributed by atoms with van der Waals surface area (Å²) in [6, 6.07) is 20.4. The number of rotatable bonds is 13. The predicted octanol–water partition coefficient (Wildman–Crippen LogP) is 4.16. The van der Waals surface area contributed by atoms with Crippen LogP contribution in [0.3, 0.4) is 0 Å². The predicted molar refractivity (Wildman–Crippen MR) is 154 cm³/mol. The van der Waals surface area contributed by atoms with E-state index in [1.807, 2.05) is 30.3 Å². The average Bonchev–Trinajstić information content (AvgIpc) is 2.90. The maximum atomic E-state index is 14.8. The lowest BCUT2D eigenvalue weighted by Gasteiger charge is -2.34. The number of hydrogen-bond acceptors (Lipinski definition) is 5. The fraction of sp³-hybridized carbons (Fsp3) is 0.333. The van der Waals surface area contributed by atoms with Gasteiger partial charge in [-0.2, -0.15) is 0 Å². The van der Waals surface area contributed by atoms with Gasteiger partial charge in [-0.3, -0.25) is 13.9 Å². The molecule has 10 heteroatoms. The van der Waals surface area contributed by atoms with Gasteiger partial charge in [0.15, 0.2) is 0 Å². The minimum absolute atomic E-state index is 0.147. The Kier molecular flexibility index (Phi) is 10.7. The van der Waals surface area contributed by atoms with Crippen LogP contribution in [0.1, 0.15) is 31.9 Å². The summed E-state index contributed by atoms with van der Waals surface area (Å²) >= 11 is 0. The van der Waals surface area contributed by atoms with Gasteiger partial charge in [-0.15, -0.1) is 0 Å². The van der Waals surface area contributed by atoms with Gasteiger partial charge in [0.1, 0.15) is 24.2 Å². The second-order valence-electron chi connectivity index (χ2n) is 9.65. The number of ether oxygens (including phenoxy) is 1. The average molecular weight is 570 g/mol.